The van der Waals surface area contributed by atoms with Crippen molar-refractivity contribution in [3.63, 3.8) is 0 Å². The molecule has 2 fully saturated rings. The van der Waals surface area contributed by atoms with Gasteiger partial charge in [0.05, 0.1) is 12.5 Å². The Morgan fingerprint density at radius 3 is 2.80 bits per heavy atom. The third-order valence-corrected chi connectivity index (χ3v) is 6.34. The number of aromatic nitrogens is 2. The number of likely N-dealkylation sites (tertiary alicyclic amines) is 2. The Labute approximate surface area is 178 Å². The largest absolute Gasteiger partial charge is 0.352 e. The molecule has 2 aliphatic rings. The van der Waals surface area contributed by atoms with Crippen molar-refractivity contribution in [3.8, 4) is 0 Å². The minimum absolute atomic E-state index is 0.0554. The molecule has 2 aromatic rings. The van der Waals surface area contributed by atoms with Crippen LogP contribution in [0.2, 0.25) is 0 Å². The number of aryl methyl sites for hydroxylation is 1. The van der Waals surface area contributed by atoms with Crippen LogP contribution in [0.5, 0.6) is 0 Å². The zero-order valence-electron chi connectivity index (χ0n) is 17.8. The standard InChI is InChI=1S/C23H32FN5O/c1-27-10-7-25-22(27)17-29-15-19(14-28-8-2-3-9-28)11-20(16-29)23(30)26-13-18-5-4-6-21(24)12-18/h4-7,10,12,19-20H,2-3,8-9,11,13-17H2,1H3,(H,26,30)/t19-,20-/m1/s1. The van der Waals surface area contributed by atoms with Crippen molar-refractivity contribution >= 4 is 5.91 Å². The van der Waals surface area contributed by atoms with Gasteiger partial charge in [0.25, 0.3) is 0 Å². The molecule has 2 atom stereocenters. The van der Waals surface area contributed by atoms with Crippen molar-refractivity contribution in [2.45, 2.75) is 32.4 Å². The normalized spacial score (nSPS) is 23.0. The first-order chi connectivity index (χ1) is 14.6. The maximum absolute atomic E-state index is 13.4. The number of piperidine rings is 1. The molecule has 1 amide bonds. The highest BCUT2D eigenvalue weighted by atomic mass is 19.1. The molecule has 0 bridgehead atoms. The average molecular weight is 414 g/mol. The van der Waals surface area contributed by atoms with Gasteiger partial charge >= 0.3 is 0 Å². The van der Waals surface area contributed by atoms with Gasteiger partial charge in [-0.1, -0.05) is 12.1 Å². The van der Waals surface area contributed by atoms with Crippen molar-refractivity contribution in [2.24, 2.45) is 18.9 Å². The summed E-state index contributed by atoms with van der Waals surface area (Å²) in [4.78, 5) is 22.4. The summed E-state index contributed by atoms with van der Waals surface area (Å²) in [6, 6.07) is 6.42. The number of benzene rings is 1. The highest BCUT2D eigenvalue weighted by Gasteiger charge is 2.33. The van der Waals surface area contributed by atoms with Crippen molar-refractivity contribution in [2.75, 3.05) is 32.7 Å². The second-order valence-electron chi connectivity index (χ2n) is 8.80. The van der Waals surface area contributed by atoms with Gasteiger partial charge in [-0.15, -0.1) is 0 Å². The number of amides is 1. The number of hydrogen-bond acceptors (Lipinski definition) is 4. The molecule has 0 spiro atoms. The van der Waals surface area contributed by atoms with E-state index in [0.29, 0.717) is 12.5 Å². The Morgan fingerprint density at radius 1 is 1.23 bits per heavy atom. The minimum Gasteiger partial charge on any atom is -0.352 e. The van der Waals surface area contributed by atoms with Gasteiger partial charge in [0.1, 0.15) is 11.6 Å². The number of rotatable bonds is 7. The Bertz CT molecular complexity index is 848. The highest BCUT2D eigenvalue weighted by Crippen LogP contribution is 2.25. The molecule has 1 N–H and O–H groups in total. The summed E-state index contributed by atoms with van der Waals surface area (Å²) in [6.07, 6.45) is 7.25. The Hall–Kier alpha value is -2.25. The fourth-order valence-corrected chi connectivity index (χ4v) is 4.81. The lowest BCUT2D eigenvalue weighted by Gasteiger charge is -2.38. The number of imidazole rings is 1. The van der Waals surface area contributed by atoms with E-state index in [1.807, 2.05) is 30.1 Å². The van der Waals surface area contributed by atoms with Crippen molar-refractivity contribution in [1.82, 2.24) is 24.7 Å². The lowest BCUT2D eigenvalue weighted by molar-refractivity contribution is -0.128. The molecular weight excluding hydrogens is 381 g/mol. The van der Waals surface area contributed by atoms with Crippen LogP contribution < -0.4 is 5.32 Å². The first-order valence-corrected chi connectivity index (χ1v) is 11.0. The van der Waals surface area contributed by atoms with Crippen LogP contribution in [-0.2, 0) is 24.9 Å². The quantitative estimate of drug-likeness (QED) is 0.758. The van der Waals surface area contributed by atoms with E-state index in [1.54, 1.807) is 6.07 Å². The van der Waals surface area contributed by atoms with Gasteiger partial charge in [-0.05, 0) is 56.0 Å². The van der Waals surface area contributed by atoms with Gasteiger partial charge in [-0.25, -0.2) is 9.37 Å². The molecule has 0 unspecified atom stereocenters. The molecule has 0 aliphatic carbocycles. The predicted octanol–water partition coefficient (Wildman–Crippen LogP) is 2.41. The number of carbonyl (C=O) groups excluding carboxylic acids is 1. The topological polar surface area (TPSA) is 53.4 Å². The molecule has 1 aromatic heterocycles. The smallest absolute Gasteiger partial charge is 0.224 e. The molecule has 2 saturated heterocycles. The Balaban J connectivity index is 1.40. The van der Waals surface area contributed by atoms with Crippen LogP contribution in [0.1, 0.15) is 30.7 Å². The van der Waals surface area contributed by atoms with Crippen LogP contribution in [0, 0.1) is 17.7 Å². The monoisotopic (exact) mass is 413 g/mol. The van der Waals surface area contributed by atoms with E-state index < -0.39 is 0 Å². The minimum atomic E-state index is -0.272. The van der Waals surface area contributed by atoms with E-state index in [2.05, 4.69) is 20.1 Å². The average Bonchev–Trinajstić information content (AvgIpc) is 3.38. The van der Waals surface area contributed by atoms with Crippen molar-refractivity contribution in [1.29, 1.82) is 0 Å². The Morgan fingerprint density at radius 2 is 2.07 bits per heavy atom. The fourth-order valence-electron chi connectivity index (χ4n) is 4.81. The van der Waals surface area contributed by atoms with Gasteiger partial charge in [-0.2, -0.15) is 0 Å². The molecule has 7 heteroatoms. The Kier molecular flexibility index (Phi) is 6.79. The highest BCUT2D eigenvalue weighted by molar-refractivity contribution is 5.79. The summed E-state index contributed by atoms with van der Waals surface area (Å²) in [6.45, 7) is 6.26. The summed E-state index contributed by atoms with van der Waals surface area (Å²) >= 11 is 0. The predicted molar refractivity (Wildman–Crippen MR) is 114 cm³/mol. The molecule has 4 rings (SSSR count). The summed E-state index contributed by atoms with van der Waals surface area (Å²) in [5.74, 6) is 1.24. The van der Waals surface area contributed by atoms with Crippen LogP contribution in [0.4, 0.5) is 4.39 Å². The van der Waals surface area contributed by atoms with Crippen LogP contribution in [0.3, 0.4) is 0 Å². The fraction of sp³-hybridized carbons (Fsp3) is 0.565. The summed E-state index contributed by atoms with van der Waals surface area (Å²) in [7, 11) is 2.01. The lowest BCUT2D eigenvalue weighted by atomic mass is 9.88. The number of nitrogens with zero attached hydrogens (tertiary/aromatic N) is 4. The molecule has 0 saturated carbocycles. The van der Waals surface area contributed by atoms with E-state index in [4.69, 9.17) is 0 Å². The zero-order valence-corrected chi connectivity index (χ0v) is 17.8. The van der Waals surface area contributed by atoms with Crippen molar-refractivity contribution in [3.05, 3.63) is 53.9 Å². The number of carbonyl (C=O) groups is 1. The molecule has 162 valence electrons. The lowest BCUT2D eigenvalue weighted by Crippen LogP contribution is -2.48. The van der Waals surface area contributed by atoms with E-state index in [-0.39, 0.29) is 17.6 Å². The molecule has 0 radical (unpaired) electrons. The van der Waals surface area contributed by atoms with Crippen molar-refractivity contribution < 1.29 is 9.18 Å². The first kappa shape index (κ1) is 21.0. The third-order valence-electron chi connectivity index (χ3n) is 6.34. The van der Waals surface area contributed by atoms with Crippen LogP contribution in [0.25, 0.3) is 0 Å². The van der Waals surface area contributed by atoms with Gasteiger partial charge in [0.2, 0.25) is 5.91 Å². The van der Waals surface area contributed by atoms with Gasteiger partial charge < -0.3 is 14.8 Å². The van der Waals surface area contributed by atoms with E-state index >= 15 is 0 Å². The number of halogens is 1. The zero-order chi connectivity index (χ0) is 20.9. The third kappa shape index (κ3) is 5.46. The molecule has 30 heavy (non-hydrogen) atoms. The number of hydrogen-bond donors (Lipinski definition) is 1. The first-order valence-electron chi connectivity index (χ1n) is 11.0. The molecular formula is C23H32FN5O. The maximum atomic E-state index is 13.4. The molecule has 3 heterocycles. The summed E-state index contributed by atoms with van der Waals surface area (Å²) in [5.41, 5.74) is 0.789. The second kappa shape index (κ2) is 9.71. The second-order valence-corrected chi connectivity index (χ2v) is 8.80. The summed E-state index contributed by atoms with van der Waals surface area (Å²) in [5, 5.41) is 3.03. The maximum Gasteiger partial charge on any atom is 0.224 e. The van der Waals surface area contributed by atoms with Gasteiger partial charge in [0, 0.05) is 45.6 Å². The molecule has 6 nitrogen and oxygen atoms in total. The van der Waals surface area contributed by atoms with Crippen LogP contribution in [-0.4, -0.2) is 58.0 Å². The number of nitrogens with one attached hydrogen (secondary N) is 1. The SMILES string of the molecule is Cn1ccnc1CN1C[C@@H](CN2CCCC2)C[C@@H](C(=O)NCc2cccc(F)c2)C1. The van der Waals surface area contributed by atoms with E-state index in [9.17, 15) is 9.18 Å². The van der Waals surface area contributed by atoms with Gasteiger partial charge in [-0.3, -0.25) is 9.69 Å². The van der Waals surface area contributed by atoms with E-state index in [0.717, 1.165) is 44.0 Å². The molecule has 2 aliphatic heterocycles. The molecule has 1 aromatic carbocycles. The van der Waals surface area contributed by atoms with Crippen LogP contribution in [0.15, 0.2) is 36.7 Å². The summed E-state index contributed by atoms with van der Waals surface area (Å²) < 4.78 is 15.5. The van der Waals surface area contributed by atoms with Crippen LogP contribution >= 0.6 is 0 Å². The van der Waals surface area contributed by atoms with Gasteiger partial charge in [0.15, 0.2) is 0 Å². The van der Waals surface area contributed by atoms with E-state index in [1.165, 1.54) is 38.1 Å².